The summed E-state index contributed by atoms with van der Waals surface area (Å²) in [4.78, 5) is 8.01. The van der Waals surface area contributed by atoms with Crippen LogP contribution in [0.15, 0.2) is 5.51 Å². The van der Waals surface area contributed by atoms with E-state index in [1.54, 1.807) is 11.3 Å². The van der Waals surface area contributed by atoms with Crippen LogP contribution >= 0.6 is 11.3 Å². The molecule has 0 bridgehead atoms. The zero-order valence-electron chi connectivity index (χ0n) is 11.3. The molecule has 4 nitrogen and oxygen atoms in total. The number of aryl methyl sites for hydroxylation is 1. The Morgan fingerprint density at radius 2 is 2.39 bits per heavy atom. The summed E-state index contributed by atoms with van der Waals surface area (Å²) in [5.74, 6) is 0. The second kappa shape index (κ2) is 5.65. The van der Waals surface area contributed by atoms with E-state index in [2.05, 4.69) is 30.7 Å². The molecule has 0 amide bonds. The molecule has 2 heterocycles. The Hall–Kier alpha value is -0.490. The molecule has 1 aromatic rings. The summed E-state index contributed by atoms with van der Waals surface area (Å²) in [5, 5.41) is 9.28. The third-order valence-corrected chi connectivity index (χ3v) is 4.25. The summed E-state index contributed by atoms with van der Waals surface area (Å²) in [5.41, 5.74) is 2.88. The molecule has 0 spiro atoms. The molecule has 102 valence electrons. The van der Waals surface area contributed by atoms with Crippen LogP contribution in [0.5, 0.6) is 0 Å². The number of hydrogen-bond donors (Lipinski definition) is 1. The van der Waals surface area contributed by atoms with Gasteiger partial charge in [-0.1, -0.05) is 0 Å². The molecule has 1 aromatic heterocycles. The summed E-state index contributed by atoms with van der Waals surface area (Å²) < 4.78 is 5.81. The molecular weight excluding hydrogens is 248 g/mol. The zero-order chi connectivity index (χ0) is 13.2. The number of nitrogens with zero attached hydrogens (tertiary/aromatic N) is 2. The lowest BCUT2D eigenvalue weighted by Crippen LogP contribution is -2.54. The molecule has 1 aliphatic heterocycles. The summed E-state index contributed by atoms with van der Waals surface area (Å²) in [7, 11) is 0. The number of aromatic nitrogens is 1. The van der Waals surface area contributed by atoms with E-state index in [1.165, 1.54) is 4.88 Å². The summed E-state index contributed by atoms with van der Waals surface area (Å²) >= 11 is 1.73. The van der Waals surface area contributed by atoms with Crippen molar-refractivity contribution in [3.63, 3.8) is 0 Å². The van der Waals surface area contributed by atoms with E-state index in [1.807, 2.05) is 5.51 Å². The van der Waals surface area contributed by atoms with Gasteiger partial charge in [0.2, 0.25) is 0 Å². The summed E-state index contributed by atoms with van der Waals surface area (Å²) in [6.45, 7) is 9.07. The third kappa shape index (κ3) is 3.51. The predicted molar refractivity (Wildman–Crippen MR) is 73.0 cm³/mol. The van der Waals surface area contributed by atoms with E-state index in [9.17, 15) is 5.11 Å². The highest BCUT2D eigenvalue weighted by atomic mass is 32.1. The third-order valence-electron chi connectivity index (χ3n) is 3.26. The molecule has 1 unspecified atom stereocenters. The molecule has 1 atom stereocenters. The van der Waals surface area contributed by atoms with Gasteiger partial charge in [-0.15, -0.1) is 11.3 Å². The van der Waals surface area contributed by atoms with Gasteiger partial charge in [-0.2, -0.15) is 0 Å². The van der Waals surface area contributed by atoms with E-state index in [0.717, 1.165) is 31.7 Å². The van der Waals surface area contributed by atoms with Crippen molar-refractivity contribution in [2.45, 2.75) is 38.9 Å². The Labute approximate surface area is 113 Å². The van der Waals surface area contributed by atoms with E-state index in [0.29, 0.717) is 0 Å². The van der Waals surface area contributed by atoms with Crippen molar-refractivity contribution in [2.75, 3.05) is 26.2 Å². The van der Waals surface area contributed by atoms with Gasteiger partial charge in [-0.3, -0.25) is 4.90 Å². The standard InChI is InChI=1S/C13H22N2O2S/c1-10-12(18-9-14-10)4-5-15-6-11(7-16)17-13(2,3)8-15/h9,11,16H,4-8H2,1-3H3. The van der Waals surface area contributed by atoms with E-state index in [4.69, 9.17) is 4.74 Å². The number of rotatable bonds is 4. The van der Waals surface area contributed by atoms with Crippen LogP contribution in [0.1, 0.15) is 24.4 Å². The van der Waals surface area contributed by atoms with Crippen molar-refractivity contribution in [3.05, 3.63) is 16.1 Å². The van der Waals surface area contributed by atoms with Crippen molar-refractivity contribution in [1.29, 1.82) is 0 Å². The summed E-state index contributed by atoms with van der Waals surface area (Å²) in [6.07, 6.45) is 0.973. The number of morpholine rings is 1. The number of aliphatic hydroxyl groups excluding tert-OH is 1. The highest BCUT2D eigenvalue weighted by Crippen LogP contribution is 2.21. The lowest BCUT2D eigenvalue weighted by Gasteiger charge is -2.42. The fourth-order valence-electron chi connectivity index (χ4n) is 2.51. The zero-order valence-corrected chi connectivity index (χ0v) is 12.2. The van der Waals surface area contributed by atoms with Crippen molar-refractivity contribution in [2.24, 2.45) is 0 Å². The molecule has 1 aliphatic rings. The van der Waals surface area contributed by atoms with Crippen molar-refractivity contribution in [1.82, 2.24) is 9.88 Å². The van der Waals surface area contributed by atoms with Crippen LogP contribution in [0.3, 0.4) is 0 Å². The van der Waals surface area contributed by atoms with Crippen molar-refractivity contribution in [3.8, 4) is 0 Å². The lowest BCUT2D eigenvalue weighted by atomic mass is 10.0. The molecule has 0 aromatic carbocycles. The van der Waals surface area contributed by atoms with Gasteiger partial charge in [0.15, 0.2) is 0 Å². The molecule has 18 heavy (non-hydrogen) atoms. The minimum absolute atomic E-state index is 0.0590. The van der Waals surface area contributed by atoms with Crippen LogP contribution in [-0.2, 0) is 11.2 Å². The quantitative estimate of drug-likeness (QED) is 0.900. The number of thiazole rings is 1. The Morgan fingerprint density at radius 3 is 3.00 bits per heavy atom. The first-order chi connectivity index (χ1) is 8.50. The fourth-order valence-corrected chi connectivity index (χ4v) is 3.28. The van der Waals surface area contributed by atoms with Crippen molar-refractivity contribution < 1.29 is 9.84 Å². The van der Waals surface area contributed by atoms with Crippen LogP contribution < -0.4 is 0 Å². The highest BCUT2D eigenvalue weighted by Gasteiger charge is 2.32. The average molecular weight is 270 g/mol. The molecule has 0 aliphatic carbocycles. The lowest BCUT2D eigenvalue weighted by molar-refractivity contribution is -0.148. The molecule has 0 saturated carbocycles. The fraction of sp³-hybridized carbons (Fsp3) is 0.769. The monoisotopic (exact) mass is 270 g/mol. The Morgan fingerprint density at radius 1 is 1.61 bits per heavy atom. The van der Waals surface area contributed by atoms with Crippen LogP contribution in [0, 0.1) is 6.92 Å². The van der Waals surface area contributed by atoms with E-state index in [-0.39, 0.29) is 18.3 Å². The maximum atomic E-state index is 9.28. The second-order valence-corrected chi connectivity index (χ2v) is 6.47. The van der Waals surface area contributed by atoms with Gasteiger partial charge in [0.1, 0.15) is 0 Å². The number of ether oxygens (including phenoxy) is 1. The molecule has 0 radical (unpaired) electrons. The number of aliphatic hydroxyl groups is 1. The van der Waals surface area contributed by atoms with E-state index < -0.39 is 0 Å². The van der Waals surface area contributed by atoms with Gasteiger partial charge >= 0.3 is 0 Å². The molecule has 1 saturated heterocycles. The SMILES string of the molecule is Cc1ncsc1CCN1CC(CO)OC(C)(C)C1. The number of hydrogen-bond acceptors (Lipinski definition) is 5. The molecule has 2 rings (SSSR count). The highest BCUT2D eigenvalue weighted by molar-refractivity contribution is 7.09. The Balaban J connectivity index is 1.90. The van der Waals surface area contributed by atoms with Gasteiger partial charge in [0.25, 0.3) is 0 Å². The second-order valence-electron chi connectivity index (χ2n) is 5.53. The smallest absolute Gasteiger partial charge is 0.0940 e. The Bertz CT molecular complexity index is 392. The normalized spacial score (nSPS) is 24.3. The van der Waals surface area contributed by atoms with Gasteiger partial charge < -0.3 is 9.84 Å². The van der Waals surface area contributed by atoms with E-state index >= 15 is 0 Å². The van der Waals surface area contributed by atoms with Crippen molar-refractivity contribution >= 4 is 11.3 Å². The van der Waals surface area contributed by atoms with Crippen LogP contribution in [0.2, 0.25) is 0 Å². The molecule has 1 fully saturated rings. The first-order valence-electron chi connectivity index (χ1n) is 6.40. The van der Waals surface area contributed by atoms with Crippen LogP contribution in [0.4, 0.5) is 0 Å². The maximum absolute atomic E-state index is 9.28. The molecule has 5 heteroatoms. The summed E-state index contributed by atoms with van der Waals surface area (Å²) in [6, 6.07) is 0. The van der Waals surface area contributed by atoms with Gasteiger partial charge in [0.05, 0.1) is 29.5 Å². The average Bonchev–Trinajstić information content (AvgIpc) is 2.70. The minimum atomic E-state index is -0.172. The first kappa shape index (κ1) is 13.9. The predicted octanol–water partition coefficient (Wildman–Crippen LogP) is 1.47. The van der Waals surface area contributed by atoms with Gasteiger partial charge in [-0.25, -0.2) is 4.98 Å². The first-order valence-corrected chi connectivity index (χ1v) is 7.28. The van der Waals surface area contributed by atoms with Gasteiger partial charge in [-0.05, 0) is 27.2 Å². The van der Waals surface area contributed by atoms with Crippen LogP contribution in [0.25, 0.3) is 0 Å². The minimum Gasteiger partial charge on any atom is -0.394 e. The molecular formula is C13H22N2O2S. The topological polar surface area (TPSA) is 45.6 Å². The van der Waals surface area contributed by atoms with Crippen LogP contribution in [-0.4, -0.2) is 52.9 Å². The Kier molecular flexibility index (Phi) is 4.37. The maximum Gasteiger partial charge on any atom is 0.0940 e. The largest absolute Gasteiger partial charge is 0.394 e. The van der Waals surface area contributed by atoms with Gasteiger partial charge in [0, 0.05) is 24.5 Å². The molecule has 1 N–H and O–H groups in total.